The van der Waals surface area contributed by atoms with Crippen LogP contribution >= 0.6 is 0 Å². The zero-order valence-corrected chi connectivity index (χ0v) is 15.4. The van der Waals surface area contributed by atoms with Gasteiger partial charge in [-0.05, 0) is 48.6 Å². The molecule has 5 heteroatoms. The van der Waals surface area contributed by atoms with Gasteiger partial charge in [-0.1, -0.05) is 12.1 Å². The Kier molecular flexibility index (Phi) is 4.84. The lowest BCUT2D eigenvalue weighted by Gasteiger charge is -2.32. The molecular formula is C22H23FN2O2. The van der Waals surface area contributed by atoms with Crippen LogP contribution in [0, 0.1) is 11.7 Å². The van der Waals surface area contributed by atoms with Crippen molar-refractivity contribution in [2.45, 2.75) is 12.8 Å². The molecule has 3 aromatic rings. The summed E-state index contributed by atoms with van der Waals surface area (Å²) in [5.74, 6) is 0.551. The van der Waals surface area contributed by atoms with E-state index in [2.05, 4.69) is 0 Å². The zero-order chi connectivity index (χ0) is 18.8. The minimum Gasteiger partial charge on any atom is -0.493 e. The lowest BCUT2D eigenvalue weighted by atomic mass is 9.98. The van der Waals surface area contributed by atoms with Crippen LogP contribution in [0.15, 0.2) is 54.7 Å². The monoisotopic (exact) mass is 366 g/mol. The first-order valence-corrected chi connectivity index (χ1v) is 9.33. The van der Waals surface area contributed by atoms with Crippen LogP contribution in [-0.4, -0.2) is 35.1 Å². The fourth-order valence-corrected chi connectivity index (χ4v) is 3.73. The van der Waals surface area contributed by atoms with Gasteiger partial charge in [0.25, 0.3) is 5.91 Å². The molecule has 2 heterocycles. The number of ether oxygens (including phenoxy) is 1. The number of benzene rings is 2. The summed E-state index contributed by atoms with van der Waals surface area (Å²) in [4.78, 5) is 14.9. The molecule has 1 atom stereocenters. The second kappa shape index (κ2) is 7.43. The van der Waals surface area contributed by atoms with Gasteiger partial charge in [0.1, 0.15) is 11.6 Å². The number of piperidine rings is 1. The number of nitrogens with zero attached hydrogens (tertiary/aromatic N) is 2. The summed E-state index contributed by atoms with van der Waals surface area (Å²) in [6.45, 7) is 1.92. The van der Waals surface area contributed by atoms with Crippen LogP contribution in [0.2, 0.25) is 0 Å². The molecule has 1 aromatic heterocycles. The standard InChI is InChI=1S/C22H23FN2O2/c1-24-11-9-17-7-8-18(12-21(17)24)22(26)25-10-3-4-16(14-25)15-27-20-6-2-5-19(23)13-20/h2,5-9,11-13,16H,3-4,10,14-15H2,1H3/t16-/m0/s1. The molecule has 27 heavy (non-hydrogen) atoms. The van der Waals surface area contributed by atoms with Gasteiger partial charge in [0.15, 0.2) is 0 Å². The van der Waals surface area contributed by atoms with Gasteiger partial charge in [-0.15, -0.1) is 0 Å². The predicted molar refractivity (Wildman–Crippen MR) is 103 cm³/mol. The van der Waals surface area contributed by atoms with Crippen molar-refractivity contribution in [3.63, 3.8) is 0 Å². The number of hydrogen-bond donors (Lipinski definition) is 0. The summed E-state index contributed by atoms with van der Waals surface area (Å²) in [6.07, 6.45) is 3.96. The fourth-order valence-electron chi connectivity index (χ4n) is 3.73. The Morgan fingerprint density at radius 3 is 2.96 bits per heavy atom. The van der Waals surface area contributed by atoms with Crippen molar-refractivity contribution >= 4 is 16.8 Å². The summed E-state index contributed by atoms with van der Waals surface area (Å²) < 4.78 is 21.0. The van der Waals surface area contributed by atoms with Crippen LogP contribution in [0.5, 0.6) is 5.75 Å². The molecule has 4 nitrogen and oxygen atoms in total. The Bertz CT molecular complexity index is 966. The SMILES string of the molecule is Cn1ccc2ccc(C(=O)N3CCC[C@H](COc4cccc(F)c4)C3)cc21. The Balaban J connectivity index is 1.42. The number of carbonyl (C=O) groups is 1. The van der Waals surface area contributed by atoms with Gasteiger partial charge in [-0.2, -0.15) is 0 Å². The highest BCUT2D eigenvalue weighted by atomic mass is 19.1. The Labute approximate surface area is 158 Å². The maximum Gasteiger partial charge on any atom is 0.253 e. The molecule has 4 rings (SSSR count). The molecule has 140 valence electrons. The maximum absolute atomic E-state index is 13.3. The number of halogens is 1. The summed E-state index contributed by atoms with van der Waals surface area (Å²) in [6, 6.07) is 14.1. The van der Waals surface area contributed by atoms with E-state index >= 15 is 0 Å². The van der Waals surface area contributed by atoms with Crippen LogP contribution in [0.1, 0.15) is 23.2 Å². The highest BCUT2D eigenvalue weighted by Crippen LogP contribution is 2.23. The first kappa shape index (κ1) is 17.6. The number of aromatic nitrogens is 1. The number of rotatable bonds is 4. The van der Waals surface area contributed by atoms with E-state index < -0.39 is 0 Å². The van der Waals surface area contributed by atoms with E-state index in [-0.39, 0.29) is 17.6 Å². The number of fused-ring (bicyclic) bond motifs is 1. The van der Waals surface area contributed by atoms with Crippen molar-refractivity contribution in [2.75, 3.05) is 19.7 Å². The molecular weight excluding hydrogens is 343 g/mol. The average Bonchev–Trinajstić information content (AvgIpc) is 3.06. The minimum absolute atomic E-state index is 0.0635. The molecule has 0 saturated carbocycles. The van der Waals surface area contributed by atoms with E-state index in [1.807, 2.05) is 47.0 Å². The second-order valence-electron chi connectivity index (χ2n) is 7.23. The van der Waals surface area contributed by atoms with E-state index in [0.717, 1.165) is 35.9 Å². The van der Waals surface area contributed by atoms with E-state index in [0.29, 0.717) is 18.9 Å². The number of likely N-dealkylation sites (tertiary alicyclic amines) is 1. The highest BCUT2D eigenvalue weighted by molar-refractivity contribution is 5.98. The van der Waals surface area contributed by atoms with E-state index in [9.17, 15) is 9.18 Å². The van der Waals surface area contributed by atoms with Crippen molar-refractivity contribution in [1.82, 2.24) is 9.47 Å². The van der Waals surface area contributed by atoms with Gasteiger partial charge in [-0.3, -0.25) is 4.79 Å². The maximum atomic E-state index is 13.3. The van der Waals surface area contributed by atoms with Gasteiger partial charge in [0.05, 0.1) is 6.61 Å². The zero-order valence-electron chi connectivity index (χ0n) is 15.4. The van der Waals surface area contributed by atoms with Crippen LogP contribution in [0.4, 0.5) is 4.39 Å². The number of amides is 1. The third-order valence-electron chi connectivity index (χ3n) is 5.22. The third kappa shape index (κ3) is 3.82. The first-order chi connectivity index (χ1) is 13.1. The van der Waals surface area contributed by atoms with E-state index in [1.54, 1.807) is 12.1 Å². The Hall–Kier alpha value is -2.82. The summed E-state index contributed by atoms with van der Waals surface area (Å²) >= 11 is 0. The van der Waals surface area contributed by atoms with Gasteiger partial charge in [0, 0.05) is 49.4 Å². The van der Waals surface area contributed by atoms with Gasteiger partial charge < -0.3 is 14.2 Å². The molecule has 0 spiro atoms. The molecule has 1 aliphatic heterocycles. The quantitative estimate of drug-likeness (QED) is 0.692. The predicted octanol–water partition coefficient (Wildman–Crippen LogP) is 4.25. The summed E-state index contributed by atoms with van der Waals surface area (Å²) in [5, 5.41) is 1.13. The molecule has 0 radical (unpaired) electrons. The van der Waals surface area contributed by atoms with Crippen LogP contribution in [-0.2, 0) is 7.05 Å². The van der Waals surface area contributed by atoms with Gasteiger partial charge in [0.2, 0.25) is 0 Å². The lowest BCUT2D eigenvalue weighted by molar-refractivity contribution is 0.0633. The Morgan fingerprint density at radius 1 is 1.22 bits per heavy atom. The van der Waals surface area contributed by atoms with Crippen LogP contribution in [0.3, 0.4) is 0 Å². The lowest BCUT2D eigenvalue weighted by Crippen LogP contribution is -2.41. The van der Waals surface area contributed by atoms with Crippen molar-refractivity contribution in [3.8, 4) is 5.75 Å². The minimum atomic E-state index is -0.302. The second-order valence-corrected chi connectivity index (χ2v) is 7.23. The topological polar surface area (TPSA) is 34.5 Å². The number of hydrogen-bond acceptors (Lipinski definition) is 2. The summed E-state index contributed by atoms with van der Waals surface area (Å²) in [5.41, 5.74) is 1.78. The molecule has 2 aromatic carbocycles. The normalized spacial score (nSPS) is 17.3. The van der Waals surface area contributed by atoms with Crippen LogP contribution in [0.25, 0.3) is 10.9 Å². The largest absolute Gasteiger partial charge is 0.493 e. The fraction of sp³-hybridized carbons (Fsp3) is 0.318. The third-order valence-corrected chi connectivity index (χ3v) is 5.22. The van der Waals surface area contributed by atoms with Crippen molar-refractivity contribution in [2.24, 2.45) is 13.0 Å². The molecule has 1 fully saturated rings. The molecule has 0 N–H and O–H groups in total. The van der Waals surface area contributed by atoms with Crippen molar-refractivity contribution in [1.29, 1.82) is 0 Å². The van der Waals surface area contributed by atoms with Crippen LogP contribution < -0.4 is 4.74 Å². The Morgan fingerprint density at radius 2 is 2.11 bits per heavy atom. The molecule has 0 aliphatic carbocycles. The molecule has 0 bridgehead atoms. The number of carbonyl (C=O) groups excluding carboxylic acids is 1. The van der Waals surface area contributed by atoms with Crippen molar-refractivity contribution in [3.05, 3.63) is 66.1 Å². The number of aryl methyl sites for hydroxylation is 1. The highest BCUT2D eigenvalue weighted by Gasteiger charge is 2.25. The van der Waals surface area contributed by atoms with E-state index in [4.69, 9.17) is 4.74 Å². The van der Waals surface area contributed by atoms with Gasteiger partial charge in [-0.25, -0.2) is 4.39 Å². The molecule has 1 saturated heterocycles. The van der Waals surface area contributed by atoms with Crippen molar-refractivity contribution < 1.29 is 13.9 Å². The molecule has 0 unspecified atom stereocenters. The smallest absolute Gasteiger partial charge is 0.253 e. The van der Waals surface area contributed by atoms with E-state index in [1.165, 1.54) is 12.1 Å². The molecule has 1 amide bonds. The summed E-state index contributed by atoms with van der Waals surface area (Å²) in [7, 11) is 1.98. The average molecular weight is 366 g/mol. The first-order valence-electron chi connectivity index (χ1n) is 9.33. The van der Waals surface area contributed by atoms with Gasteiger partial charge >= 0.3 is 0 Å². The molecule has 1 aliphatic rings.